The fourth-order valence-corrected chi connectivity index (χ4v) is 2.67. The van der Waals surface area contributed by atoms with Crippen molar-refractivity contribution < 1.29 is 0 Å². The third-order valence-electron chi connectivity index (χ3n) is 3.34. The van der Waals surface area contributed by atoms with Crippen LogP contribution in [0.15, 0.2) is 24.3 Å². The monoisotopic (exact) mass is 306 g/mol. The average Bonchev–Trinajstić information content (AvgIpc) is 2.89. The molecule has 1 unspecified atom stereocenters. The van der Waals surface area contributed by atoms with Crippen LogP contribution < -0.4 is 0 Å². The maximum Gasteiger partial charge on any atom is 0.138 e. The summed E-state index contributed by atoms with van der Waals surface area (Å²) in [6.45, 7) is 5.80. The van der Waals surface area contributed by atoms with E-state index in [1.807, 2.05) is 24.3 Å². The number of hydrogen-bond acceptors (Lipinski definition) is 5. The molecule has 0 amide bonds. The van der Waals surface area contributed by atoms with Gasteiger partial charge in [0.15, 0.2) is 0 Å². The molecule has 1 aromatic heterocycles. The molecule has 0 aliphatic carbocycles. The lowest BCUT2D eigenvalue weighted by atomic mass is 10.0. The molecule has 2 aromatic rings. The molecule has 1 aromatic carbocycles. The molecule has 1 heterocycles. The second kappa shape index (κ2) is 6.80. The Hall–Kier alpha value is -1.48. The van der Waals surface area contributed by atoms with E-state index >= 15 is 0 Å². The van der Waals surface area contributed by atoms with Crippen molar-refractivity contribution >= 4 is 23.1 Å². The fraction of sp³-hybridized carbons (Fsp3) is 0.357. The largest absolute Gasteiger partial charge is 0.291 e. The standard InChI is InChI=1S/C14H15ClN4S/c1-3-19(9-13-14(15)20-18-17-13)10(2)12-6-4-11(8-16)5-7-12/h4-7,10H,3,9H2,1-2H3. The number of rotatable bonds is 5. The molecule has 20 heavy (non-hydrogen) atoms. The topological polar surface area (TPSA) is 52.8 Å². The Morgan fingerprint density at radius 2 is 2.10 bits per heavy atom. The maximum atomic E-state index is 8.84. The van der Waals surface area contributed by atoms with Gasteiger partial charge in [0.2, 0.25) is 0 Å². The van der Waals surface area contributed by atoms with Crippen LogP contribution in [0, 0.1) is 11.3 Å². The molecule has 0 spiro atoms. The van der Waals surface area contributed by atoms with Gasteiger partial charge in [-0.05, 0) is 31.2 Å². The van der Waals surface area contributed by atoms with Gasteiger partial charge in [0, 0.05) is 24.1 Å². The smallest absolute Gasteiger partial charge is 0.138 e. The normalized spacial score (nSPS) is 12.3. The Morgan fingerprint density at radius 1 is 1.40 bits per heavy atom. The van der Waals surface area contributed by atoms with Gasteiger partial charge >= 0.3 is 0 Å². The molecule has 0 fully saturated rings. The summed E-state index contributed by atoms with van der Waals surface area (Å²) in [6.07, 6.45) is 0. The summed E-state index contributed by atoms with van der Waals surface area (Å²) >= 11 is 7.27. The Labute approximate surface area is 127 Å². The molecular formula is C14H15ClN4S. The second-order valence-electron chi connectivity index (χ2n) is 4.47. The molecule has 104 valence electrons. The molecule has 2 rings (SSSR count). The van der Waals surface area contributed by atoms with Crippen LogP contribution in [0.5, 0.6) is 0 Å². The van der Waals surface area contributed by atoms with E-state index < -0.39 is 0 Å². The highest BCUT2D eigenvalue weighted by atomic mass is 35.5. The minimum absolute atomic E-state index is 0.227. The summed E-state index contributed by atoms with van der Waals surface area (Å²) in [7, 11) is 0. The lowest BCUT2D eigenvalue weighted by molar-refractivity contribution is 0.210. The summed E-state index contributed by atoms with van der Waals surface area (Å²) in [6, 6.07) is 10.0. The fourth-order valence-electron chi connectivity index (χ4n) is 2.05. The first-order valence-corrected chi connectivity index (χ1v) is 7.51. The molecule has 6 heteroatoms. The van der Waals surface area contributed by atoms with Gasteiger partial charge in [-0.15, -0.1) is 5.10 Å². The first-order valence-electron chi connectivity index (χ1n) is 6.36. The van der Waals surface area contributed by atoms with Gasteiger partial charge in [-0.25, -0.2) is 0 Å². The third-order valence-corrected chi connectivity index (χ3v) is 4.32. The van der Waals surface area contributed by atoms with Gasteiger partial charge in [0.05, 0.1) is 11.6 Å². The second-order valence-corrected chi connectivity index (χ2v) is 5.82. The molecule has 0 saturated heterocycles. The zero-order valence-corrected chi connectivity index (χ0v) is 12.9. The summed E-state index contributed by atoms with van der Waals surface area (Å²) in [5, 5.41) is 12.9. The molecule has 0 radical (unpaired) electrons. The summed E-state index contributed by atoms with van der Waals surface area (Å²) < 4.78 is 4.51. The zero-order chi connectivity index (χ0) is 14.5. The molecule has 0 saturated carbocycles. The van der Waals surface area contributed by atoms with E-state index in [0.29, 0.717) is 16.4 Å². The van der Waals surface area contributed by atoms with Gasteiger partial charge in [-0.3, -0.25) is 4.90 Å². The van der Waals surface area contributed by atoms with Crippen LogP contribution in [0.3, 0.4) is 0 Å². The summed E-state index contributed by atoms with van der Waals surface area (Å²) in [5.74, 6) is 0. The van der Waals surface area contributed by atoms with Crippen molar-refractivity contribution in [3.05, 3.63) is 45.4 Å². The molecule has 0 aliphatic heterocycles. The van der Waals surface area contributed by atoms with Gasteiger partial charge in [0.1, 0.15) is 10.0 Å². The quantitative estimate of drug-likeness (QED) is 0.846. The lowest BCUT2D eigenvalue weighted by Gasteiger charge is -2.27. The Bertz CT molecular complexity index is 602. The minimum Gasteiger partial charge on any atom is -0.291 e. The third kappa shape index (κ3) is 3.34. The van der Waals surface area contributed by atoms with Crippen LogP contribution in [0.4, 0.5) is 0 Å². The molecule has 0 bridgehead atoms. The number of nitriles is 1. The van der Waals surface area contributed by atoms with Gasteiger partial charge in [-0.1, -0.05) is 35.1 Å². The van der Waals surface area contributed by atoms with Gasteiger partial charge in [0.25, 0.3) is 0 Å². The van der Waals surface area contributed by atoms with Crippen LogP contribution in [0.25, 0.3) is 0 Å². The van der Waals surface area contributed by atoms with E-state index in [4.69, 9.17) is 16.9 Å². The molecule has 0 N–H and O–H groups in total. The van der Waals surface area contributed by atoms with Crippen LogP contribution in [0.2, 0.25) is 4.34 Å². The highest BCUT2D eigenvalue weighted by molar-refractivity contribution is 7.10. The number of benzene rings is 1. The number of nitrogens with zero attached hydrogens (tertiary/aromatic N) is 4. The first-order chi connectivity index (χ1) is 9.65. The summed E-state index contributed by atoms with van der Waals surface area (Å²) in [4.78, 5) is 2.27. The lowest BCUT2D eigenvalue weighted by Crippen LogP contribution is -2.26. The maximum absolute atomic E-state index is 8.84. The zero-order valence-electron chi connectivity index (χ0n) is 11.4. The van der Waals surface area contributed by atoms with Crippen molar-refractivity contribution in [1.29, 1.82) is 5.26 Å². The van der Waals surface area contributed by atoms with Gasteiger partial charge < -0.3 is 0 Å². The van der Waals surface area contributed by atoms with Crippen LogP contribution in [-0.4, -0.2) is 21.0 Å². The summed E-state index contributed by atoms with van der Waals surface area (Å²) in [5.41, 5.74) is 2.67. The Morgan fingerprint density at radius 3 is 2.60 bits per heavy atom. The SMILES string of the molecule is CCN(Cc1nnsc1Cl)C(C)c1ccc(C#N)cc1. The van der Waals surface area contributed by atoms with Crippen LogP contribution in [-0.2, 0) is 6.54 Å². The van der Waals surface area contributed by atoms with Crippen molar-refractivity contribution in [3.63, 3.8) is 0 Å². The Balaban J connectivity index is 2.14. The highest BCUT2D eigenvalue weighted by Crippen LogP contribution is 2.25. The van der Waals surface area contributed by atoms with Crippen molar-refractivity contribution in [3.8, 4) is 6.07 Å². The minimum atomic E-state index is 0.227. The molecular weight excluding hydrogens is 292 g/mol. The van der Waals surface area contributed by atoms with E-state index in [0.717, 1.165) is 12.2 Å². The van der Waals surface area contributed by atoms with Crippen molar-refractivity contribution in [2.75, 3.05) is 6.54 Å². The molecule has 1 atom stereocenters. The molecule has 0 aliphatic rings. The predicted octanol–water partition coefficient (Wildman–Crippen LogP) is 3.65. The van der Waals surface area contributed by atoms with Crippen molar-refractivity contribution in [1.82, 2.24) is 14.5 Å². The number of hydrogen-bond donors (Lipinski definition) is 0. The van der Waals surface area contributed by atoms with E-state index in [9.17, 15) is 0 Å². The number of halogens is 1. The average molecular weight is 307 g/mol. The van der Waals surface area contributed by atoms with Crippen molar-refractivity contribution in [2.24, 2.45) is 0 Å². The van der Waals surface area contributed by atoms with Crippen LogP contribution >= 0.6 is 23.1 Å². The van der Waals surface area contributed by atoms with Crippen LogP contribution in [0.1, 0.15) is 36.7 Å². The number of aromatic nitrogens is 2. The van der Waals surface area contributed by atoms with E-state index in [-0.39, 0.29) is 6.04 Å². The first kappa shape index (κ1) is 14.9. The van der Waals surface area contributed by atoms with E-state index in [1.54, 1.807) is 0 Å². The van der Waals surface area contributed by atoms with E-state index in [2.05, 4.69) is 34.4 Å². The predicted molar refractivity (Wildman–Crippen MR) is 80.6 cm³/mol. The molecule has 4 nitrogen and oxygen atoms in total. The Kier molecular flexibility index (Phi) is 5.07. The van der Waals surface area contributed by atoms with Gasteiger partial charge in [-0.2, -0.15) is 5.26 Å². The highest BCUT2D eigenvalue weighted by Gasteiger charge is 2.17. The van der Waals surface area contributed by atoms with Crippen molar-refractivity contribution in [2.45, 2.75) is 26.4 Å². The van der Waals surface area contributed by atoms with E-state index in [1.165, 1.54) is 17.1 Å².